The smallest absolute Gasteiger partial charge is 0.236 e. The average molecular weight is 289 g/mol. The molecule has 5 nitrogen and oxygen atoms in total. The van der Waals surface area contributed by atoms with Gasteiger partial charge in [0.15, 0.2) is 0 Å². The van der Waals surface area contributed by atoms with Crippen LogP contribution in [-0.2, 0) is 9.59 Å². The van der Waals surface area contributed by atoms with Crippen molar-refractivity contribution in [3.63, 3.8) is 0 Å². The van der Waals surface area contributed by atoms with Crippen molar-refractivity contribution in [1.82, 2.24) is 10.2 Å². The quantitative estimate of drug-likeness (QED) is 0.895. The zero-order chi connectivity index (χ0) is 15.4. The molecule has 1 aromatic carbocycles. The van der Waals surface area contributed by atoms with Gasteiger partial charge in [0.05, 0.1) is 6.54 Å². The van der Waals surface area contributed by atoms with Crippen LogP contribution in [0.3, 0.4) is 0 Å². The van der Waals surface area contributed by atoms with Crippen molar-refractivity contribution in [1.29, 1.82) is 0 Å². The summed E-state index contributed by atoms with van der Waals surface area (Å²) in [6.45, 7) is 5.61. The van der Waals surface area contributed by atoms with Crippen molar-refractivity contribution in [2.45, 2.75) is 26.3 Å². The maximum atomic E-state index is 12.1. The lowest BCUT2D eigenvalue weighted by Crippen LogP contribution is -2.42. The molecule has 0 radical (unpaired) electrons. The second-order valence-corrected chi connectivity index (χ2v) is 5.22. The van der Waals surface area contributed by atoms with Gasteiger partial charge in [-0.05, 0) is 25.5 Å². The van der Waals surface area contributed by atoms with E-state index in [1.54, 1.807) is 16.8 Å². The first kappa shape index (κ1) is 15.5. The third-order valence-electron chi connectivity index (χ3n) is 4.04. The highest BCUT2D eigenvalue weighted by Crippen LogP contribution is 2.33. The molecular weight excluding hydrogens is 266 g/mol. The first-order valence-corrected chi connectivity index (χ1v) is 7.45. The fraction of sp³-hybridized carbons (Fsp3) is 0.500. The Morgan fingerprint density at radius 2 is 2.00 bits per heavy atom. The van der Waals surface area contributed by atoms with E-state index in [0.29, 0.717) is 19.5 Å². The molecule has 0 fully saturated rings. The number of anilines is 1. The number of benzene rings is 1. The number of carbonyl (C=O) groups is 2. The van der Waals surface area contributed by atoms with Gasteiger partial charge >= 0.3 is 0 Å². The number of nitrogens with zero attached hydrogens (tertiary/aromatic N) is 2. The maximum absolute atomic E-state index is 12.1. The summed E-state index contributed by atoms with van der Waals surface area (Å²) in [5, 5.41) is 3.24. The van der Waals surface area contributed by atoms with E-state index in [-0.39, 0.29) is 24.4 Å². The minimum atomic E-state index is -0.0931. The Kier molecular flexibility index (Phi) is 4.96. The summed E-state index contributed by atoms with van der Waals surface area (Å²) < 4.78 is 0. The summed E-state index contributed by atoms with van der Waals surface area (Å²) in [5.74, 6) is 0.144. The van der Waals surface area contributed by atoms with Crippen molar-refractivity contribution < 1.29 is 9.59 Å². The molecule has 0 aromatic heterocycles. The topological polar surface area (TPSA) is 52.7 Å². The molecule has 21 heavy (non-hydrogen) atoms. The molecule has 1 aliphatic heterocycles. The SMILES string of the molecule is CCN(CC)C(=O)CNC1CC(=O)N(C)c2ccccc21. The normalized spacial score (nSPS) is 17.6. The molecule has 1 unspecified atom stereocenters. The summed E-state index contributed by atoms with van der Waals surface area (Å²) in [5.41, 5.74) is 1.99. The van der Waals surface area contributed by atoms with Crippen LogP contribution < -0.4 is 10.2 Å². The van der Waals surface area contributed by atoms with E-state index >= 15 is 0 Å². The fourth-order valence-electron chi connectivity index (χ4n) is 2.72. The monoisotopic (exact) mass is 289 g/mol. The molecule has 1 aromatic rings. The third-order valence-corrected chi connectivity index (χ3v) is 4.04. The summed E-state index contributed by atoms with van der Waals surface area (Å²) in [6.07, 6.45) is 0.388. The summed E-state index contributed by atoms with van der Waals surface area (Å²) in [7, 11) is 1.79. The molecule has 1 N–H and O–H groups in total. The summed E-state index contributed by atoms with van der Waals surface area (Å²) >= 11 is 0. The number of amides is 2. The highest BCUT2D eigenvalue weighted by Gasteiger charge is 2.29. The number of hydrogen-bond donors (Lipinski definition) is 1. The molecule has 0 bridgehead atoms. The van der Waals surface area contributed by atoms with Crippen molar-refractivity contribution in [2.75, 3.05) is 31.6 Å². The predicted octanol–water partition coefficient (Wildman–Crippen LogP) is 1.55. The highest BCUT2D eigenvalue weighted by molar-refractivity contribution is 5.96. The third kappa shape index (κ3) is 3.24. The molecule has 1 aliphatic rings. The van der Waals surface area contributed by atoms with Crippen LogP contribution in [0.2, 0.25) is 0 Å². The number of carbonyl (C=O) groups excluding carboxylic acids is 2. The minimum Gasteiger partial charge on any atom is -0.342 e. The van der Waals surface area contributed by atoms with E-state index in [0.717, 1.165) is 11.3 Å². The molecule has 0 saturated heterocycles. The highest BCUT2D eigenvalue weighted by atomic mass is 16.2. The first-order valence-electron chi connectivity index (χ1n) is 7.45. The van der Waals surface area contributed by atoms with Gasteiger partial charge in [-0.3, -0.25) is 9.59 Å². The largest absolute Gasteiger partial charge is 0.342 e. The Morgan fingerprint density at radius 3 is 2.67 bits per heavy atom. The number of nitrogens with one attached hydrogen (secondary N) is 1. The summed E-state index contributed by atoms with van der Waals surface area (Å²) in [6, 6.07) is 7.74. The van der Waals surface area contributed by atoms with E-state index in [1.807, 2.05) is 38.1 Å². The van der Waals surface area contributed by atoms with E-state index < -0.39 is 0 Å². The van der Waals surface area contributed by atoms with Gasteiger partial charge in [0, 0.05) is 38.3 Å². The molecule has 114 valence electrons. The Balaban J connectivity index is 2.09. The zero-order valence-corrected chi connectivity index (χ0v) is 12.9. The second-order valence-electron chi connectivity index (χ2n) is 5.22. The van der Waals surface area contributed by atoms with Crippen molar-refractivity contribution in [3.8, 4) is 0 Å². The van der Waals surface area contributed by atoms with Gasteiger partial charge in [-0.15, -0.1) is 0 Å². The second kappa shape index (κ2) is 6.72. The van der Waals surface area contributed by atoms with Gasteiger partial charge in [-0.2, -0.15) is 0 Å². The fourth-order valence-corrected chi connectivity index (χ4v) is 2.72. The lowest BCUT2D eigenvalue weighted by molar-refractivity contribution is -0.130. The van der Waals surface area contributed by atoms with Crippen LogP contribution in [0.5, 0.6) is 0 Å². The molecular formula is C16H23N3O2. The Bertz CT molecular complexity index is 526. The molecule has 0 saturated carbocycles. The summed E-state index contributed by atoms with van der Waals surface area (Å²) in [4.78, 5) is 27.6. The molecule has 1 heterocycles. The van der Waals surface area contributed by atoms with Crippen LogP contribution in [0.15, 0.2) is 24.3 Å². The van der Waals surface area contributed by atoms with Crippen molar-refractivity contribution in [3.05, 3.63) is 29.8 Å². The number of likely N-dealkylation sites (N-methyl/N-ethyl adjacent to an activating group) is 1. The molecule has 2 amide bonds. The van der Waals surface area contributed by atoms with Crippen molar-refractivity contribution >= 4 is 17.5 Å². The van der Waals surface area contributed by atoms with Gasteiger partial charge in [-0.25, -0.2) is 0 Å². The van der Waals surface area contributed by atoms with Crippen LogP contribution in [0.1, 0.15) is 31.9 Å². The van der Waals surface area contributed by atoms with Gasteiger partial charge in [0.1, 0.15) is 0 Å². The number of rotatable bonds is 5. The van der Waals surface area contributed by atoms with E-state index in [9.17, 15) is 9.59 Å². The molecule has 5 heteroatoms. The predicted molar refractivity (Wildman–Crippen MR) is 83.1 cm³/mol. The van der Waals surface area contributed by atoms with Crippen LogP contribution >= 0.6 is 0 Å². The molecule has 0 spiro atoms. The van der Waals surface area contributed by atoms with Crippen LogP contribution in [0.4, 0.5) is 5.69 Å². The lowest BCUT2D eigenvalue weighted by atomic mass is 9.96. The van der Waals surface area contributed by atoms with Crippen LogP contribution in [0, 0.1) is 0 Å². The number of para-hydroxylation sites is 1. The van der Waals surface area contributed by atoms with E-state index in [4.69, 9.17) is 0 Å². The Morgan fingerprint density at radius 1 is 1.33 bits per heavy atom. The van der Waals surface area contributed by atoms with E-state index in [2.05, 4.69) is 5.32 Å². The Hall–Kier alpha value is -1.88. The van der Waals surface area contributed by atoms with Gasteiger partial charge in [-0.1, -0.05) is 18.2 Å². The number of hydrogen-bond acceptors (Lipinski definition) is 3. The molecule has 2 rings (SSSR count). The maximum Gasteiger partial charge on any atom is 0.236 e. The average Bonchev–Trinajstić information content (AvgIpc) is 2.50. The van der Waals surface area contributed by atoms with Gasteiger partial charge in [0.2, 0.25) is 11.8 Å². The van der Waals surface area contributed by atoms with Gasteiger partial charge in [0.25, 0.3) is 0 Å². The van der Waals surface area contributed by atoms with Crippen molar-refractivity contribution in [2.24, 2.45) is 0 Å². The van der Waals surface area contributed by atoms with Crippen LogP contribution in [-0.4, -0.2) is 43.4 Å². The zero-order valence-electron chi connectivity index (χ0n) is 12.9. The van der Waals surface area contributed by atoms with Gasteiger partial charge < -0.3 is 15.1 Å². The lowest BCUT2D eigenvalue weighted by Gasteiger charge is -2.32. The minimum absolute atomic E-state index is 0.0708. The first-order chi connectivity index (χ1) is 10.1. The number of fused-ring (bicyclic) bond motifs is 1. The molecule has 1 atom stereocenters. The standard InChI is InChI=1S/C16H23N3O2/c1-4-19(5-2)16(21)11-17-13-10-15(20)18(3)14-9-7-6-8-12(13)14/h6-9,13,17H,4-5,10-11H2,1-3H3. The molecule has 0 aliphatic carbocycles. The Labute approximate surface area is 125 Å². The van der Waals surface area contributed by atoms with Crippen LogP contribution in [0.25, 0.3) is 0 Å². The van der Waals surface area contributed by atoms with E-state index in [1.165, 1.54) is 0 Å².